The average molecular weight is 585 g/mol. The predicted octanol–water partition coefficient (Wildman–Crippen LogP) is 7.06. The van der Waals surface area contributed by atoms with Gasteiger partial charge in [0.2, 0.25) is 0 Å². The molecule has 200 valence electrons. The third-order valence-corrected chi connectivity index (χ3v) is 8.11. The fraction of sp³-hybridized carbons (Fsp3) is 0.276. The van der Waals surface area contributed by atoms with E-state index in [2.05, 4.69) is 10.1 Å². The quantitative estimate of drug-likeness (QED) is 0.222. The van der Waals surface area contributed by atoms with Crippen LogP contribution in [0.15, 0.2) is 59.3 Å². The van der Waals surface area contributed by atoms with Crippen molar-refractivity contribution in [1.29, 1.82) is 0 Å². The zero-order valence-electron chi connectivity index (χ0n) is 21.0. The molecule has 3 heterocycles. The highest BCUT2D eigenvalue weighted by Crippen LogP contribution is 2.46. The molecular formula is C29H24Cl3N3O4. The van der Waals surface area contributed by atoms with Gasteiger partial charge >= 0.3 is 0 Å². The second-order valence-electron chi connectivity index (χ2n) is 10.0. The fourth-order valence-electron chi connectivity index (χ4n) is 4.89. The number of rotatable bonds is 8. The molecule has 0 bridgehead atoms. The summed E-state index contributed by atoms with van der Waals surface area (Å²) in [6, 6.07) is 14.0. The maximum Gasteiger partial charge on any atom is 0.159 e. The van der Waals surface area contributed by atoms with Crippen LogP contribution in [0.1, 0.15) is 52.9 Å². The zero-order chi connectivity index (χ0) is 27.3. The summed E-state index contributed by atoms with van der Waals surface area (Å²) < 4.78 is 11.8. The maximum atomic E-state index is 11.7. The highest BCUT2D eigenvalue weighted by Gasteiger charge is 2.44. The van der Waals surface area contributed by atoms with Gasteiger partial charge in [-0.3, -0.25) is 4.79 Å². The van der Waals surface area contributed by atoms with Crippen LogP contribution >= 0.6 is 34.8 Å². The molecule has 4 aromatic rings. The van der Waals surface area contributed by atoms with Gasteiger partial charge in [-0.05, 0) is 56.2 Å². The van der Waals surface area contributed by atoms with Gasteiger partial charge in [-0.15, -0.1) is 0 Å². The Bertz CT molecular complexity index is 1560. The predicted molar refractivity (Wildman–Crippen MR) is 150 cm³/mol. The molecule has 1 N–H and O–H groups in total. The Balaban J connectivity index is 1.19. The summed E-state index contributed by atoms with van der Waals surface area (Å²) in [5, 5.41) is 16.9. The number of aromatic nitrogens is 2. The summed E-state index contributed by atoms with van der Waals surface area (Å²) in [6.45, 7) is 2.30. The minimum Gasteiger partial charge on any atom is -0.489 e. The molecule has 10 heteroatoms. The van der Waals surface area contributed by atoms with E-state index in [9.17, 15) is 9.90 Å². The third kappa shape index (κ3) is 5.00. The van der Waals surface area contributed by atoms with Crippen molar-refractivity contribution in [1.82, 2.24) is 10.1 Å². The molecule has 1 aliphatic heterocycles. The summed E-state index contributed by atoms with van der Waals surface area (Å²) in [4.78, 5) is 17.9. The number of β-amino-alcohol motifs (C(OH)–C–C–N with tert-alkyl or cyclic N) is 1. The first kappa shape index (κ1) is 26.1. The number of carbonyl (C=O) groups is 1. The number of hydrogen-bond donors (Lipinski definition) is 1. The number of benzene rings is 2. The minimum absolute atomic E-state index is 0.0365. The standard InChI is InChI=1S/C29H24Cl3N3O4/c1-16(36)18-9-10-33-25(11-18)35-14-29(37,15-35)21-8-7-19(12-24(21)32)38-13-20-27(34-39-28(20)17-5-6-17)26-22(30)3-2-4-23(26)31/h2-4,7-12,17,37H,5-6,13-15H2,1H3. The topological polar surface area (TPSA) is 88.7 Å². The molecule has 0 amide bonds. The number of Topliss-reactive ketones (excluding diaryl/α,β-unsaturated/α-hetero) is 1. The van der Waals surface area contributed by atoms with E-state index in [1.165, 1.54) is 6.92 Å². The number of halogens is 3. The molecule has 1 aliphatic carbocycles. The average Bonchev–Trinajstić information content (AvgIpc) is 3.66. The first-order chi connectivity index (χ1) is 18.7. The van der Waals surface area contributed by atoms with Gasteiger partial charge in [-0.25, -0.2) is 4.98 Å². The number of ketones is 1. The van der Waals surface area contributed by atoms with Crippen LogP contribution in [0.4, 0.5) is 5.82 Å². The highest BCUT2D eigenvalue weighted by atomic mass is 35.5. The molecule has 0 unspecified atom stereocenters. The monoisotopic (exact) mass is 583 g/mol. The number of pyridine rings is 1. The van der Waals surface area contributed by atoms with E-state index in [4.69, 9.17) is 44.1 Å². The van der Waals surface area contributed by atoms with Crippen LogP contribution in [0.5, 0.6) is 5.75 Å². The van der Waals surface area contributed by atoms with Gasteiger partial charge in [0.05, 0.1) is 33.7 Å². The fourth-order valence-corrected chi connectivity index (χ4v) is 5.82. The lowest BCUT2D eigenvalue weighted by Crippen LogP contribution is -2.60. The molecule has 2 fully saturated rings. The van der Waals surface area contributed by atoms with E-state index in [0.29, 0.717) is 68.0 Å². The van der Waals surface area contributed by atoms with Crippen LogP contribution < -0.4 is 9.64 Å². The van der Waals surface area contributed by atoms with Crippen molar-refractivity contribution in [2.24, 2.45) is 0 Å². The van der Waals surface area contributed by atoms with Crippen LogP contribution in [0.25, 0.3) is 11.3 Å². The van der Waals surface area contributed by atoms with Crippen molar-refractivity contribution >= 4 is 46.4 Å². The Hall–Kier alpha value is -3.10. The Morgan fingerprint density at radius 1 is 1.10 bits per heavy atom. The molecule has 1 saturated carbocycles. The van der Waals surface area contributed by atoms with Crippen LogP contribution in [0.2, 0.25) is 15.1 Å². The minimum atomic E-state index is -1.15. The molecule has 6 rings (SSSR count). The van der Waals surface area contributed by atoms with Crippen LogP contribution in [0.3, 0.4) is 0 Å². The summed E-state index contributed by atoms with van der Waals surface area (Å²) in [5.74, 6) is 2.23. The van der Waals surface area contributed by atoms with E-state index in [0.717, 1.165) is 24.2 Å². The van der Waals surface area contributed by atoms with Gasteiger partial charge in [-0.2, -0.15) is 0 Å². The molecule has 0 spiro atoms. The largest absolute Gasteiger partial charge is 0.489 e. The third-order valence-electron chi connectivity index (χ3n) is 7.17. The van der Waals surface area contributed by atoms with Gasteiger partial charge in [0, 0.05) is 28.8 Å². The lowest BCUT2D eigenvalue weighted by molar-refractivity contribution is 0.00712. The van der Waals surface area contributed by atoms with Crippen molar-refractivity contribution in [2.75, 3.05) is 18.0 Å². The molecule has 39 heavy (non-hydrogen) atoms. The Labute approximate surface area is 240 Å². The van der Waals surface area contributed by atoms with Crippen molar-refractivity contribution < 1.29 is 19.2 Å². The smallest absolute Gasteiger partial charge is 0.159 e. The normalized spacial score (nSPS) is 16.2. The molecular weight excluding hydrogens is 561 g/mol. The summed E-state index contributed by atoms with van der Waals surface area (Å²) in [7, 11) is 0. The first-order valence-corrected chi connectivity index (χ1v) is 13.7. The van der Waals surface area contributed by atoms with Gasteiger partial charge in [0.15, 0.2) is 5.78 Å². The number of aliphatic hydroxyl groups is 1. The van der Waals surface area contributed by atoms with E-state index in [1.54, 1.807) is 54.7 Å². The lowest BCUT2D eigenvalue weighted by Gasteiger charge is -2.47. The van der Waals surface area contributed by atoms with Crippen molar-refractivity contribution in [3.8, 4) is 17.0 Å². The van der Waals surface area contributed by atoms with Gasteiger partial charge in [-0.1, -0.05) is 52.1 Å². The molecule has 2 aromatic heterocycles. The van der Waals surface area contributed by atoms with Crippen molar-refractivity contribution in [3.05, 3.63) is 92.2 Å². The Kier molecular flexibility index (Phi) is 6.79. The summed E-state index contributed by atoms with van der Waals surface area (Å²) in [5.41, 5.74) is 2.02. The maximum absolute atomic E-state index is 11.7. The highest BCUT2D eigenvalue weighted by molar-refractivity contribution is 6.39. The van der Waals surface area contributed by atoms with Gasteiger partial charge in [0.25, 0.3) is 0 Å². The molecule has 0 radical (unpaired) electrons. The molecule has 2 aromatic carbocycles. The Morgan fingerprint density at radius 2 is 1.85 bits per heavy atom. The number of anilines is 1. The molecule has 2 aliphatic rings. The van der Waals surface area contributed by atoms with Gasteiger partial charge < -0.3 is 19.3 Å². The van der Waals surface area contributed by atoms with E-state index in [-0.39, 0.29) is 12.4 Å². The van der Waals surface area contributed by atoms with Crippen LogP contribution in [-0.2, 0) is 12.2 Å². The second kappa shape index (κ2) is 10.1. The second-order valence-corrected chi connectivity index (χ2v) is 11.2. The zero-order valence-corrected chi connectivity index (χ0v) is 23.2. The number of hydrogen-bond acceptors (Lipinski definition) is 7. The lowest BCUT2D eigenvalue weighted by atomic mass is 9.86. The SMILES string of the molecule is CC(=O)c1ccnc(N2CC(O)(c3ccc(OCc4c(-c5c(Cl)cccc5Cl)noc4C4CC4)cc3Cl)C2)c1. The van der Waals surface area contributed by atoms with Crippen molar-refractivity contribution in [3.63, 3.8) is 0 Å². The van der Waals surface area contributed by atoms with Crippen molar-refractivity contribution in [2.45, 2.75) is 37.9 Å². The van der Waals surface area contributed by atoms with Crippen LogP contribution in [0, 0.1) is 0 Å². The van der Waals surface area contributed by atoms with E-state index >= 15 is 0 Å². The Morgan fingerprint density at radius 3 is 2.51 bits per heavy atom. The van der Waals surface area contributed by atoms with Crippen LogP contribution in [-0.4, -0.2) is 34.1 Å². The number of carbonyl (C=O) groups excluding carboxylic acids is 1. The summed E-state index contributed by atoms with van der Waals surface area (Å²) >= 11 is 19.5. The molecule has 0 atom stereocenters. The number of ether oxygens (including phenoxy) is 1. The molecule has 1 saturated heterocycles. The van der Waals surface area contributed by atoms with E-state index < -0.39 is 5.60 Å². The van der Waals surface area contributed by atoms with E-state index in [1.807, 2.05) is 4.90 Å². The first-order valence-electron chi connectivity index (χ1n) is 12.5. The summed E-state index contributed by atoms with van der Waals surface area (Å²) in [6.07, 6.45) is 3.66. The number of nitrogens with zero attached hydrogens (tertiary/aromatic N) is 3. The van der Waals surface area contributed by atoms with Gasteiger partial charge in [0.1, 0.15) is 35.2 Å². The molecule has 7 nitrogen and oxygen atoms in total.